The maximum absolute atomic E-state index is 12.1. The number of hydrogen-bond donors (Lipinski definition) is 2. The van der Waals surface area contributed by atoms with Crippen molar-refractivity contribution in [1.82, 2.24) is 4.72 Å². The van der Waals surface area contributed by atoms with E-state index in [4.69, 9.17) is 5.11 Å². The minimum atomic E-state index is -3.78. The van der Waals surface area contributed by atoms with E-state index in [1.54, 1.807) is 0 Å². The van der Waals surface area contributed by atoms with Crippen LogP contribution in [0.15, 0.2) is 0 Å². The zero-order chi connectivity index (χ0) is 15.4. The first kappa shape index (κ1) is 16.9. The van der Waals surface area contributed by atoms with Crippen LogP contribution in [0.4, 0.5) is 0 Å². The van der Waals surface area contributed by atoms with Gasteiger partial charge >= 0.3 is 5.97 Å². The molecular formula is C13H22N2O4S. The maximum atomic E-state index is 12.1. The van der Waals surface area contributed by atoms with Gasteiger partial charge in [-0.05, 0) is 25.2 Å². The van der Waals surface area contributed by atoms with Crippen LogP contribution in [0.3, 0.4) is 0 Å². The Kier molecular flexibility index (Phi) is 5.54. The van der Waals surface area contributed by atoms with Crippen molar-refractivity contribution in [3.63, 3.8) is 0 Å². The monoisotopic (exact) mass is 302 g/mol. The molecule has 1 aliphatic rings. The highest BCUT2D eigenvalue weighted by atomic mass is 32.2. The van der Waals surface area contributed by atoms with Gasteiger partial charge in [-0.15, -0.1) is 0 Å². The van der Waals surface area contributed by atoms with Crippen molar-refractivity contribution in [3.8, 4) is 6.07 Å². The molecule has 0 spiro atoms. The molecule has 20 heavy (non-hydrogen) atoms. The Morgan fingerprint density at radius 3 is 2.35 bits per heavy atom. The molecule has 1 rings (SSSR count). The number of carbonyl (C=O) groups is 1. The van der Waals surface area contributed by atoms with Crippen LogP contribution in [-0.2, 0) is 14.8 Å². The third-order valence-corrected chi connectivity index (χ3v) is 5.17. The number of carboxylic acids is 1. The van der Waals surface area contributed by atoms with Crippen molar-refractivity contribution in [3.05, 3.63) is 0 Å². The average molecular weight is 302 g/mol. The van der Waals surface area contributed by atoms with Gasteiger partial charge in [0.15, 0.2) is 0 Å². The summed E-state index contributed by atoms with van der Waals surface area (Å²) in [5.41, 5.74) is -0.854. The minimum absolute atomic E-state index is 0.0650. The zero-order valence-corrected chi connectivity index (χ0v) is 12.7. The Labute approximate surface area is 120 Å². The van der Waals surface area contributed by atoms with Crippen LogP contribution in [0, 0.1) is 22.7 Å². The zero-order valence-electron chi connectivity index (χ0n) is 11.9. The molecule has 0 bridgehead atoms. The van der Waals surface area contributed by atoms with E-state index in [2.05, 4.69) is 10.8 Å². The second-order valence-electron chi connectivity index (χ2n) is 6.00. The van der Waals surface area contributed by atoms with Gasteiger partial charge in [0, 0.05) is 0 Å². The van der Waals surface area contributed by atoms with Crippen molar-refractivity contribution < 1.29 is 18.3 Å². The molecule has 0 unspecified atom stereocenters. The molecule has 0 saturated heterocycles. The Bertz CT molecular complexity index is 487. The van der Waals surface area contributed by atoms with E-state index in [1.807, 2.05) is 13.8 Å². The van der Waals surface area contributed by atoms with Gasteiger partial charge in [-0.2, -0.15) is 5.26 Å². The first-order valence-corrected chi connectivity index (χ1v) is 8.49. The van der Waals surface area contributed by atoms with Crippen LogP contribution in [0.2, 0.25) is 0 Å². The van der Waals surface area contributed by atoms with Gasteiger partial charge in [-0.3, -0.25) is 4.79 Å². The molecule has 2 N–H and O–H groups in total. The highest BCUT2D eigenvalue weighted by Gasteiger charge is 2.39. The van der Waals surface area contributed by atoms with Crippen molar-refractivity contribution in [2.45, 2.75) is 52.0 Å². The molecule has 0 heterocycles. The summed E-state index contributed by atoms with van der Waals surface area (Å²) in [5.74, 6) is -1.42. The molecule has 0 aromatic carbocycles. The van der Waals surface area contributed by atoms with Crippen LogP contribution in [0.25, 0.3) is 0 Å². The van der Waals surface area contributed by atoms with Crippen molar-refractivity contribution in [2.75, 3.05) is 5.75 Å². The summed E-state index contributed by atoms with van der Waals surface area (Å²) in [6.07, 6.45) is 3.04. The fourth-order valence-electron chi connectivity index (χ4n) is 2.63. The van der Waals surface area contributed by atoms with Crippen LogP contribution < -0.4 is 4.72 Å². The number of sulfonamides is 1. The highest BCUT2D eigenvalue weighted by Crippen LogP contribution is 2.38. The van der Waals surface area contributed by atoms with Crippen LogP contribution in [-0.4, -0.2) is 31.3 Å². The summed E-state index contributed by atoms with van der Waals surface area (Å²) in [5, 5.41) is 18.3. The molecule has 0 aromatic rings. The summed E-state index contributed by atoms with van der Waals surface area (Å²) in [7, 11) is -3.78. The number of nitriles is 1. The second kappa shape index (κ2) is 6.55. The third-order valence-electron chi connectivity index (χ3n) is 3.59. The Balaban J connectivity index is 2.78. The maximum Gasteiger partial charge on any atom is 0.321 e. The second-order valence-corrected chi connectivity index (χ2v) is 7.75. The number of hydrogen-bond acceptors (Lipinski definition) is 4. The van der Waals surface area contributed by atoms with Gasteiger partial charge in [0.25, 0.3) is 0 Å². The lowest BCUT2D eigenvalue weighted by Crippen LogP contribution is -2.45. The SMILES string of the molecule is CC(C)C[C@H](NS(=O)(=O)CC1(C#N)CCCC1)C(=O)O. The standard InChI is InChI=1S/C13H22N2O4S/c1-10(2)7-11(12(16)17)15-20(18,19)9-13(8-14)5-3-4-6-13/h10-11,15H,3-7,9H2,1-2H3,(H,16,17)/t11-/m0/s1. The van der Waals surface area contributed by atoms with Gasteiger partial charge in [-0.1, -0.05) is 26.7 Å². The number of carboxylic acid groups (broad SMARTS) is 1. The molecule has 0 aromatic heterocycles. The first-order valence-electron chi connectivity index (χ1n) is 6.84. The summed E-state index contributed by atoms with van der Waals surface area (Å²) >= 11 is 0. The molecule has 1 saturated carbocycles. The lowest BCUT2D eigenvalue weighted by Gasteiger charge is -2.22. The molecule has 0 amide bonds. The molecular weight excluding hydrogens is 280 g/mol. The summed E-state index contributed by atoms with van der Waals surface area (Å²) in [6, 6.07) is 0.983. The van der Waals surface area contributed by atoms with Crippen molar-refractivity contribution >= 4 is 16.0 Å². The van der Waals surface area contributed by atoms with Gasteiger partial charge in [0.1, 0.15) is 6.04 Å². The fourth-order valence-corrected chi connectivity index (χ4v) is 4.43. The van der Waals surface area contributed by atoms with Gasteiger partial charge in [0.2, 0.25) is 10.0 Å². The Morgan fingerprint density at radius 1 is 1.40 bits per heavy atom. The Morgan fingerprint density at radius 2 is 1.95 bits per heavy atom. The van der Waals surface area contributed by atoms with E-state index >= 15 is 0 Å². The number of aliphatic carboxylic acids is 1. The van der Waals surface area contributed by atoms with E-state index < -0.39 is 27.4 Å². The lowest BCUT2D eigenvalue weighted by molar-refractivity contribution is -0.139. The van der Waals surface area contributed by atoms with E-state index in [9.17, 15) is 18.5 Å². The van der Waals surface area contributed by atoms with Gasteiger partial charge in [0.05, 0.1) is 17.2 Å². The van der Waals surface area contributed by atoms with Crippen molar-refractivity contribution in [2.24, 2.45) is 11.3 Å². The molecule has 114 valence electrons. The predicted molar refractivity (Wildman–Crippen MR) is 74.3 cm³/mol. The summed E-state index contributed by atoms with van der Waals surface area (Å²) in [4.78, 5) is 11.1. The summed E-state index contributed by atoms with van der Waals surface area (Å²) < 4.78 is 26.5. The molecule has 0 aliphatic heterocycles. The van der Waals surface area contributed by atoms with Crippen LogP contribution in [0.1, 0.15) is 46.0 Å². The number of nitrogens with zero attached hydrogens (tertiary/aromatic N) is 1. The number of nitrogens with one attached hydrogen (secondary N) is 1. The largest absolute Gasteiger partial charge is 0.480 e. The first-order chi connectivity index (χ1) is 9.20. The lowest BCUT2D eigenvalue weighted by atomic mass is 9.91. The normalized spacial score (nSPS) is 19.7. The van der Waals surface area contributed by atoms with E-state index in [1.165, 1.54) is 0 Å². The Hall–Kier alpha value is -1.13. The average Bonchev–Trinajstić information content (AvgIpc) is 2.75. The van der Waals surface area contributed by atoms with E-state index in [0.29, 0.717) is 12.8 Å². The predicted octanol–water partition coefficient (Wildman–Crippen LogP) is 1.49. The molecule has 1 fully saturated rings. The molecule has 1 aliphatic carbocycles. The summed E-state index contributed by atoms with van der Waals surface area (Å²) in [6.45, 7) is 3.66. The quantitative estimate of drug-likeness (QED) is 0.741. The molecule has 1 atom stereocenters. The smallest absolute Gasteiger partial charge is 0.321 e. The number of rotatable bonds is 7. The molecule has 6 nitrogen and oxygen atoms in total. The van der Waals surface area contributed by atoms with Gasteiger partial charge < -0.3 is 5.11 Å². The third kappa shape index (κ3) is 4.76. The van der Waals surface area contributed by atoms with Crippen LogP contribution >= 0.6 is 0 Å². The van der Waals surface area contributed by atoms with E-state index in [0.717, 1.165) is 12.8 Å². The van der Waals surface area contributed by atoms with E-state index in [-0.39, 0.29) is 18.1 Å². The fraction of sp³-hybridized carbons (Fsp3) is 0.846. The minimum Gasteiger partial charge on any atom is -0.480 e. The van der Waals surface area contributed by atoms with Crippen molar-refractivity contribution in [1.29, 1.82) is 5.26 Å². The topological polar surface area (TPSA) is 107 Å². The molecule has 7 heteroatoms. The van der Waals surface area contributed by atoms with Gasteiger partial charge in [-0.25, -0.2) is 13.1 Å². The van der Waals surface area contributed by atoms with Crippen LogP contribution in [0.5, 0.6) is 0 Å². The molecule has 0 radical (unpaired) electrons. The highest BCUT2D eigenvalue weighted by molar-refractivity contribution is 7.89.